The highest BCUT2D eigenvalue weighted by molar-refractivity contribution is 5.97. The molecule has 18 heavy (non-hydrogen) atoms. The summed E-state index contributed by atoms with van der Waals surface area (Å²) in [5, 5.41) is 6.28. The molecule has 0 unspecified atom stereocenters. The number of hydrogen-bond acceptors (Lipinski definition) is 2. The average molecular weight is 248 g/mol. The quantitative estimate of drug-likeness (QED) is 0.739. The molecular formula is C14H17FN2O. The van der Waals surface area contributed by atoms with Crippen LogP contribution in [0.25, 0.3) is 0 Å². The first kappa shape index (κ1) is 11.5. The molecule has 3 nitrogen and oxygen atoms in total. The number of carbonyl (C=O) groups is 1. The highest BCUT2D eigenvalue weighted by Crippen LogP contribution is 2.39. The van der Waals surface area contributed by atoms with Crippen LogP contribution in [0.15, 0.2) is 18.2 Å². The Balaban J connectivity index is 1.98. The number of benzene rings is 1. The van der Waals surface area contributed by atoms with Crippen molar-refractivity contribution < 1.29 is 9.18 Å². The molecule has 4 heteroatoms. The summed E-state index contributed by atoms with van der Waals surface area (Å²) in [7, 11) is 0. The summed E-state index contributed by atoms with van der Waals surface area (Å²) in [6.45, 7) is 0. The number of hydrogen-bond donors (Lipinski definition) is 2. The maximum Gasteiger partial charge on any atom is 0.226 e. The highest BCUT2D eigenvalue weighted by atomic mass is 19.1. The number of nitrogens with one attached hydrogen (secondary N) is 2. The fourth-order valence-corrected chi connectivity index (χ4v) is 3.09. The van der Waals surface area contributed by atoms with E-state index in [4.69, 9.17) is 0 Å². The van der Waals surface area contributed by atoms with Gasteiger partial charge in [-0.3, -0.25) is 4.79 Å². The van der Waals surface area contributed by atoms with Crippen molar-refractivity contribution >= 4 is 17.3 Å². The van der Waals surface area contributed by atoms with Crippen molar-refractivity contribution in [3.63, 3.8) is 0 Å². The number of anilines is 2. The van der Waals surface area contributed by atoms with E-state index in [2.05, 4.69) is 10.6 Å². The number of carbonyl (C=O) groups excluding carboxylic acids is 1. The normalized spacial score (nSPS) is 21.7. The third kappa shape index (κ3) is 2.07. The lowest BCUT2D eigenvalue weighted by Gasteiger charge is -2.37. The van der Waals surface area contributed by atoms with E-state index in [1.165, 1.54) is 18.6 Å². The molecule has 1 saturated carbocycles. The van der Waals surface area contributed by atoms with Crippen LogP contribution >= 0.6 is 0 Å². The van der Waals surface area contributed by atoms with Gasteiger partial charge in [0.15, 0.2) is 0 Å². The van der Waals surface area contributed by atoms with Crippen molar-refractivity contribution in [2.75, 3.05) is 10.6 Å². The second-order valence-electron chi connectivity index (χ2n) is 5.38. The summed E-state index contributed by atoms with van der Waals surface area (Å²) in [6.07, 6.45) is 5.92. The van der Waals surface area contributed by atoms with E-state index in [0.717, 1.165) is 25.7 Å². The number of amides is 1. The zero-order chi connectivity index (χ0) is 12.6. The SMILES string of the molecule is O=C1CC2(CCCCC2)Nc2cc(F)ccc2N1. The molecule has 0 radical (unpaired) electrons. The molecule has 3 rings (SSSR count). The van der Waals surface area contributed by atoms with Crippen molar-refractivity contribution in [1.29, 1.82) is 0 Å². The lowest BCUT2D eigenvalue weighted by molar-refractivity contribution is -0.117. The van der Waals surface area contributed by atoms with Crippen LogP contribution in [0.5, 0.6) is 0 Å². The number of halogens is 1. The van der Waals surface area contributed by atoms with Gasteiger partial charge in [-0.25, -0.2) is 4.39 Å². The molecule has 1 aliphatic heterocycles. The molecule has 1 aromatic rings. The van der Waals surface area contributed by atoms with Crippen molar-refractivity contribution in [3.05, 3.63) is 24.0 Å². The van der Waals surface area contributed by atoms with E-state index in [0.29, 0.717) is 17.8 Å². The number of rotatable bonds is 0. The van der Waals surface area contributed by atoms with Gasteiger partial charge in [0.2, 0.25) is 5.91 Å². The summed E-state index contributed by atoms with van der Waals surface area (Å²) in [6, 6.07) is 4.47. The molecule has 0 bridgehead atoms. The van der Waals surface area contributed by atoms with Crippen LogP contribution in [-0.2, 0) is 4.79 Å². The van der Waals surface area contributed by atoms with Crippen LogP contribution < -0.4 is 10.6 Å². The summed E-state index contributed by atoms with van der Waals surface area (Å²) in [5.41, 5.74) is 1.22. The molecule has 2 N–H and O–H groups in total. The lowest BCUT2D eigenvalue weighted by Crippen LogP contribution is -2.41. The summed E-state index contributed by atoms with van der Waals surface area (Å²) in [5.74, 6) is -0.252. The maximum atomic E-state index is 13.3. The molecule has 96 valence electrons. The average Bonchev–Trinajstić information content (AvgIpc) is 2.45. The fraction of sp³-hybridized carbons (Fsp3) is 0.500. The zero-order valence-electron chi connectivity index (χ0n) is 10.3. The monoisotopic (exact) mass is 248 g/mol. The van der Waals surface area contributed by atoms with Gasteiger partial charge in [-0.15, -0.1) is 0 Å². The van der Waals surface area contributed by atoms with Gasteiger partial charge >= 0.3 is 0 Å². The van der Waals surface area contributed by atoms with E-state index in [9.17, 15) is 9.18 Å². The Morgan fingerprint density at radius 1 is 1.11 bits per heavy atom. The smallest absolute Gasteiger partial charge is 0.226 e. The standard InChI is InChI=1S/C14H17FN2O/c15-10-4-5-11-12(8-10)17-14(9-13(18)16-11)6-2-1-3-7-14/h4-5,8,17H,1-3,6-7,9H2,(H,16,18). The second-order valence-corrected chi connectivity index (χ2v) is 5.38. The summed E-state index contributed by atoms with van der Waals surface area (Å²) in [4.78, 5) is 12.0. The Kier molecular flexibility index (Phi) is 2.73. The van der Waals surface area contributed by atoms with Crippen molar-refractivity contribution in [2.24, 2.45) is 0 Å². The van der Waals surface area contributed by atoms with Crippen molar-refractivity contribution in [3.8, 4) is 0 Å². The van der Waals surface area contributed by atoms with Crippen molar-refractivity contribution in [2.45, 2.75) is 44.1 Å². The van der Waals surface area contributed by atoms with Crippen LogP contribution in [-0.4, -0.2) is 11.4 Å². The minimum Gasteiger partial charge on any atom is -0.377 e. The minimum atomic E-state index is -0.275. The predicted molar refractivity (Wildman–Crippen MR) is 69.1 cm³/mol. The van der Waals surface area contributed by atoms with Gasteiger partial charge in [-0.2, -0.15) is 0 Å². The predicted octanol–water partition coefficient (Wildman–Crippen LogP) is 3.28. The van der Waals surface area contributed by atoms with E-state index >= 15 is 0 Å². The first-order chi connectivity index (χ1) is 8.67. The van der Waals surface area contributed by atoms with Gasteiger partial charge in [0, 0.05) is 12.0 Å². The Hall–Kier alpha value is -1.58. The van der Waals surface area contributed by atoms with Gasteiger partial charge in [0.25, 0.3) is 0 Å². The van der Waals surface area contributed by atoms with Crippen LogP contribution in [0, 0.1) is 5.82 Å². The molecule has 0 saturated heterocycles. The third-order valence-electron chi connectivity index (χ3n) is 3.97. The van der Waals surface area contributed by atoms with E-state index < -0.39 is 0 Å². The zero-order valence-corrected chi connectivity index (χ0v) is 10.3. The Labute approximate surface area is 106 Å². The van der Waals surface area contributed by atoms with Crippen LogP contribution in [0.1, 0.15) is 38.5 Å². The Morgan fingerprint density at radius 3 is 2.67 bits per heavy atom. The Bertz CT molecular complexity index is 481. The molecule has 0 aromatic heterocycles. The topological polar surface area (TPSA) is 41.1 Å². The second kappa shape index (κ2) is 4.26. The van der Waals surface area contributed by atoms with Crippen LogP contribution in [0.4, 0.5) is 15.8 Å². The Morgan fingerprint density at radius 2 is 1.89 bits per heavy atom. The first-order valence-corrected chi connectivity index (χ1v) is 6.55. The van der Waals surface area contributed by atoms with Gasteiger partial charge in [0.05, 0.1) is 11.4 Å². The van der Waals surface area contributed by atoms with E-state index in [1.54, 1.807) is 6.07 Å². The molecule has 1 amide bonds. The molecule has 1 aliphatic carbocycles. The molecule has 0 atom stereocenters. The molecular weight excluding hydrogens is 231 g/mol. The molecule has 1 heterocycles. The van der Waals surface area contributed by atoms with Crippen LogP contribution in [0.3, 0.4) is 0 Å². The minimum absolute atomic E-state index is 0.0229. The van der Waals surface area contributed by atoms with Crippen molar-refractivity contribution in [1.82, 2.24) is 0 Å². The number of fused-ring (bicyclic) bond motifs is 1. The van der Waals surface area contributed by atoms with Crippen LogP contribution in [0.2, 0.25) is 0 Å². The van der Waals surface area contributed by atoms with E-state index in [1.807, 2.05) is 0 Å². The molecule has 1 spiro atoms. The highest BCUT2D eigenvalue weighted by Gasteiger charge is 2.36. The lowest BCUT2D eigenvalue weighted by atomic mass is 9.79. The fourth-order valence-electron chi connectivity index (χ4n) is 3.09. The van der Waals surface area contributed by atoms with E-state index in [-0.39, 0.29) is 17.3 Å². The largest absolute Gasteiger partial charge is 0.377 e. The first-order valence-electron chi connectivity index (χ1n) is 6.55. The summed E-state index contributed by atoms with van der Waals surface area (Å²) >= 11 is 0. The maximum absolute atomic E-state index is 13.3. The molecule has 1 aromatic carbocycles. The van der Waals surface area contributed by atoms with Gasteiger partial charge in [-0.1, -0.05) is 19.3 Å². The molecule has 1 fully saturated rings. The third-order valence-corrected chi connectivity index (χ3v) is 3.97. The summed E-state index contributed by atoms with van der Waals surface area (Å²) < 4.78 is 13.3. The molecule has 2 aliphatic rings. The van der Waals surface area contributed by atoms with Gasteiger partial charge in [-0.05, 0) is 31.0 Å². The van der Waals surface area contributed by atoms with Gasteiger partial charge in [0.1, 0.15) is 5.82 Å². The van der Waals surface area contributed by atoms with Gasteiger partial charge < -0.3 is 10.6 Å².